The van der Waals surface area contributed by atoms with Gasteiger partial charge in [0.05, 0.1) is 0 Å². The molecular weight excluding hydrogens is 414 g/mol. The van der Waals surface area contributed by atoms with Gasteiger partial charge < -0.3 is 15.1 Å². The minimum atomic E-state index is -0.0520. The summed E-state index contributed by atoms with van der Waals surface area (Å²) in [5, 5.41) is 3.92. The molecule has 4 rings (SSSR count). The highest BCUT2D eigenvalue weighted by molar-refractivity contribution is 7.98. The average molecular weight is 440 g/mol. The van der Waals surface area contributed by atoms with E-state index >= 15 is 0 Å². The van der Waals surface area contributed by atoms with Crippen LogP contribution >= 0.6 is 23.3 Å². The minimum absolute atomic E-state index is 0.0520. The molecule has 8 heteroatoms. The Morgan fingerprint density at radius 2 is 1.77 bits per heavy atom. The summed E-state index contributed by atoms with van der Waals surface area (Å²) in [7, 11) is 0. The molecule has 30 heavy (non-hydrogen) atoms. The molecule has 1 aliphatic heterocycles. The number of hydrogen-bond acceptors (Lipinski definition) is 6. The lowest BCUT2D eigenvalue weighted by Crippen LogP contribution is -2.50. The first-order valence-corrected chi connectivity index (χ1v) is 11.9. The van der Waals surface area contributed by atoms with E-state index in [1.165, 1.54) is 27.6 Å². The van der Waals surface area contributed by atoms with Gasteiger partial charge in [-0.15, -0.1) is 11.8 Å². The van der Waals surface area contributed by atoms with Crippen molar-refractivity contribution < 1.29 is 4.79 Å². The van der Waals surface area contributed by atoms with Crippen LogP contribution in [0, 0.1) is 6.92 Å². The van der Waals surface area contributed by atoms with Gasteiger partial charge in [-0.1, -0.05) is 29.8 Å². The zero-order chi connectivity index (χ0) is 20.9. The summed E-state index contributed by atoms with van der Waals surface area (Å²) in [6.45, 7) is 4.95. The van der Waals surface area contributed by atoms with Crippen LogP contribution in [0.2, 0.25) is 0 Å². The fourth-order valence-electron chi connectivity index (χ4n) is 3.31. The number of carbonyl (C=O) groups is 1. The van der Waals surface area contributed by atoms with Crippen LogP contribution in [0.15, 0.2) is 53.4 Å². The lowest BCUT2D eigenvalue weighted by Gasteiger charge is -2.34. The van der Waals surface area contributed by atoms with E-state index in [-0.39, 0.29) is 6.03 Å². The van der Waals surface area contributed by atoms with E-state index in [2.05, 4.69) is 45.8 Å². The third-order valence-electron chi connectivity index (χ3n) is 5.12. The Hall–Kier alpha value is -2.58. The molecule has 1 N–H and O–H groups in total. The molecule has 0 aliphatic carbocycles. The van der Waals surface area contributed by atoms with Crippen molar-refractivity contribution in [1.29, 1.82) is 0 Å². The molecule has 156 valence electrons. The van der Waals surface area contributed by atoms with Crippen molar-refractivity contribution in [3.05, 3.63) is 65.5 Å². The van der Waals surface area contributed by atoms with Crippen LogP contribution in [0.1, 0.15) is 17.0 Å². The Bertz CT molecular complexity index is 980. The van der Waals surface area contributed by atoms with Gasteiger partial charge in [-0.05, 0) is 43.0 Å². The quantitative estimate of drug-likeness (QED) is 0.593. The normalized spacial score (nSPS) is 14.1. The van der Waals surface area contributed by atoms with Crippen molar-refractivity contribution >= 4 is 40.1 Å². The predicted molar refractivity (Wildman–Crippen MR) is 125 cm³/mol. The van der Waals surface area contributed by atoms with E-state index in [9.17, 15) is 4.79 Å². The maximum absolute atomic E-state index is 12.6. The molecule has 0 bridgehead atoms. The van der Waals surface area contributed by atoms with Crippen molar-refractivity contribution in [2.45, 2.75) is 18.2 Å². The molecule has 1 aliphatic rings. The van der Waals surface area contributed by atoms with Gasteiger partial charge in [-0.3, -0.25) is 0 Å². The maximum atomic E-state index is 12.6. The van der Waals surface area contributed by atoms with Gasteiger partial charge in [0.1, 0.15) is 5.82 Å². The summed E-state index contributed by atoms with van der Waals surface area (Å²) >= 11 is 3.12. The van der Waals surface area contributed by atoms with E-state index in [0.29, 0.717) is 13.1 Å². The van der Waals surface area contributed by atoms with Crippen LogP contribution in [0.25, 0.3) is 0 Å². The first-order chi connectivity index (χ1) is 14.6. The van der Waals surface area contributed by atoms with E-state index in [1.54, 1.807) is 11.8 Å². The van der Waals surface area contributed by atoms with Gasteiger partial charge in [0.2, 0.25) is 5.13 Å². The number of aryl methyl sites for hydroxylation is 1. The zero-order valence-corrected chi connectivity index (χ0v) is 18.8. The third kappa shape index (κ3) is 5.12. The van der Waals surface area contributed by atoms with Crippen LogP contribution in [0.5, 0.6) is 0 Å². The standard InChI is InChI=1S/C22H25N5OS2/c1-16-3-5-17(6-4-16)15-20-24-22(30-25-20)27-13-11-26(12-14-27)21(28)23-18-7-9-19(29-2)10-8-18/h3-10H,11-15H2,1-2H3,(H,23,28). The van der Waals surface area contributed by atoms with E-state index in [4.69, 9.17) is 4.98 Å². The highest BCUT2D eigenvalue weighted by Gasteiger charge is 2.23. The number of nitrogens with zero attached hydrogens (tertiary/aromatic N) is 4. The minimum Gasteiger partial charge on any atom is -0.343 e. The van der Waals surface area contributed by atoms with Gasteiger partial charge in [-0.2, -0.15) is 4.37 Å². The fourth-order valence-corrected chi connectivity index (χ4v) is 4.46. The number of benzene rings is 2. The fraction of sp³-hybridized carbons (Fsp3) is 0.318. The number of urea groups is 1. The number of piperazine rings is 1. The molecule has 3 aromatic rings. The molecule has 1 aromatic heterocycles. The Labute approximate surface area is 185 Å². The number of amides is 2. The highest BCUT2D eigenvalue weighted by atomic mass is 32.2. The summed E-state index contributed by atoms with van der Waals surface area (Å²) in [4.78, 5) is 22.5. The molecule has 0 unspecified atom stereocenters. The summed E-state index contributed by atoms with van der Waals surface area (Å²) in [5.41, 5.74) is 3.30. The molecular formula is C22H25N5OS2. The van der Waals surface area contributed by atoms with Gasteiger partial charge in [0, 0.05) is 54.7 Å². The maximum Gasteiger partial charge on any atom is 0.321 e. The summed E-state index contributed by atoms with van der Waals surface area (Å²) in [5.74, 6) is 0.854. The van der Waals surface area contributed by atoms with Crippen LogP contribution in [-0.2, 0) is 6.42 Å². The van der Waals surface area contributed by atoms with Gasteiger partial charge >= 0.3 is 6.03 Å². The molecule has 2 aromatic carbocycles. The Kier molecular flexibility index (Phi) is 6.54. The number of nitrogens with one attached hydrogen (secondary N) is 1. The number of thioether (sulfide) groups is 1. The number of anilines is 2. The lowest BCUT2D eigenvalue weighted by atomic mass is 10.1. The average Bonchev–Trinajstić information content (AvgIpc) is 3.24. The van der Waals surface area contributed by atoms with E-state index < -0.39 is 0 Å². The van der Waals surface area contributed by atoms with Crippen molar-refractivity contribution in [2.75, 3.05) is 42.7 Å². The van der Waals surface area contributed by atoms with Gasteiger partial charge in [-0.25, -0.2) is 9.78 Å². The van der Waals surface area contributed by atoms with Crippen LogP contribution in [-0.4, -0.2) is 52.7 Å². The third-order valence-corrected chi connectivity index (χ3v) is 6.68. The van der Waals surface area contributed by atoms with Crippen molar-refractivity contribution in [1.82, 2.24) is 14.3 Å². The molecule has 2 heterocycles. The number of carbonyl (C=O) groups excluding carboxylic acids is 1. The largest absolute Gasteiger partial charge is 0.343 e. The van der Waals surface area contributed by atoms with Crippen LogP contribution in [0.3, 0.4) is 0 Å². The Morgan fingerprint density at radius 1 is 1.07 bits per heavy atom. The molecule has 0 spiro atoms. The molecule has 0 saturated carbocycles. The van der Waals surface area contributed by atoms with Crippen molar-refractivity contribution in [3.8, 4) is 0 Å². The molecule has 0 radical (unpaired) electrons. The number of aromatic nitrogens is 2. The topological polar surface area (TPSA) is 61.4 Å². The van der Waals surface area contributed by atoms with E-state index in [0.717, 1.165) is 36.2 Å². The van der Waals surface area contributed by atoms with Crippen LogP contribution < -0.4 is 10.2 Å². The number of hydrogen-bond donors (Lipinski definition) is 1. The SMILES string of the molecule is CSc1ccc(NC(=O)N2CCN(c3nc(Cc4ccc(C)cc4)ns3)CC2)cc1. The molecule has 2 amide bonds. The van der Waals surface area contributed by atoms with Crippen LogP contribution in [0.4, 0.5) is 15.6 Å². The molecule has 6 nitrogen and oxygen atoms in total. The van der Waals surface area contributed by atoms with Gasteiger partial charge in [0.25, 0.3) is 0 Å². The molecule has 0 atom stereocenters. The molecule has 1 fully saturated rings. The zero-order valence-electron chi connectivity index (χ0n) is 17.2. The monoisotopic (exact) mass is 439 g/mol. The Morgan fingerprint density at radius 3 is 2.43 bits per heavy atom. The second-order valence-electron chi connectivity index (χ2n) is 7.29. The lowest BCUT2D eigenvalue weighted by molar-refractivity contribution is 0.208. The number of rotatable bonds is 5. The summed E-state index contributed by atoms with van der Waals surface area (Å²) in [6, 6.07) is 16.3. The predicted octanol–water partition coefficient (Wildman–Crippen LogP) is 4.51. The molecule has 1 saturated heterocycles. The second-order valence-corrected chi connectivity index (χ2v) is 8.90. The van der Waals surface area contributed by atoms with E-state index in [1.807, 2.05) is 35.4 Å². The Balaban J connectivity index is 1.29. The summed E-state index contributed by atoms with van der Waals surface area (Å²) < 4.78 is 4.53. The summed E-state index contributed by atoms with van der Waals surface area (Å²) in [6.07, 6.45) is 2.78. The first-order valence-electron chi connectivity index (χ1n) is 9.94. The second kappa shape index (κ2) is 9.49. The first kappa shape index (κ1) is 20.7. The van der Waals surface area contributed by atoms with Gasteiger partial charge in [0.15, 0.2) is 0 Å². The highest BCUT2D eigenvalue weighted by Crippen LogP contribution is 2.22. The smallest absolute Gasteiger partial charge is 0.321 e. The van der Waals surface area contributed by atoms with Crippen molar-refractivity contribution in [2.24, 2.45) is 0 Å². The van der Waals surface area contributed by atoms with Crippen molar-refractivity contribution in [3.63, 3.8) is 0 Å².